The van der Waals surface area contributed by atoms with Gasteiger partial charge in [-0.1, -0.05) is 13.3 Å². The van der Waals surface area contributed by atoms with Gasteiger partial charge in [0.25, 0.3) is 0 Å². The Morgan fingerprint density at radius 2 is 2.31 bits per heavy atom. The van der Waals surface area contributed by atoms with Crippen LogP contribution in [0.4, 0.5) is 0 Å². The number of hydrogen-bond acceptors (Lipinski definition) is 4. The molecule has 1 atom stereocenters. The standard InChI is InChI=1S/C12H23N3S/c1-4-5-8-15(3)9-6-13-11(2)12-14-7-10-16-12/h7,10-11,13H,4-6,8-9H2,1-3H3. The second-order valence-electron chi connectivity index (χ2n) is 4.20. The van der Waals surface area contributed by atoms with Gasteiger partial charge in [-0.25, -0.2) is 4.98 Å². The van der Waals surface area contributed by atoms with Crippen LogP contribution in [0.3, 0.4) is 0 Å². The molecule has 0 aliphatic rings. The Bertz CT molecular complexity index is 261. The van der Waals surface area contributed by atoms with Gasteiger partial charge in [-0.2, -0.15) is 0 Å². The average Bonchev–Trinajstić information content (AvgIpc) is 2.79. The minimum atomic E-state index is 0.375. The van der Waals surface area contributed by atoms with Crippen LogP contribution in [0.25, 0.3) is 0 Å². The van der Waals surface area contributed by atoms with Gasteiger partial charge in [-0.15, -0.1) is 11.3 Å². The number of unbranched alkanes of at least 4 members (excludes halogenated alkanes) is 1. The lowest BCUT2D eigenvalue weighted by atomic mass is 10.3. The SMILES string of the molecule is CCCCN(C)CCNC(C)c1nccs1. The third-order valence-corrected chi connectivity index (χ3v) is 3.62. The second-order valence-corrected chi connectivity index (χ2v) is 5.13. The van der Waals surface area contributed by atoms with E-state index >= 15 is 0 Å². The second kappa shape index (κ2) is 7.76. The first-order chi connectivity index (χ1) is 7.74. The average molecular weight is 241 g/mol. The summed E-state index contributed by atoms with van der Waals surface area (Å²) in [6.45, 7) is 7.74. The molecule has 0 fully saturated rings. The molecule has 1 unspecified atom stereocenters. The van der Waals surface area contributed by atoms with Crippen molar-refractivity contribution < 1.29 is 0 Å². The molecule has 3 nitrogen and oxygen atoms in total. The number of aromatic nitrogens is 1. The zero-order valence-corrected chi connectivity index (χ0v) is 11.4. The Kier molecular flexibility index (Phi) is 6.61. The molecule has 1 N–H and O–H groups in total. The van der Waals surface area contributed by atoms with Gasteiger partial charge in [-0.3, -0.25) is 0 Å². The maximum atomic E-state index is 4.31. The minimum Gasteiger partial charge on any atom is -0.307 e. The summed E-state index contributed by atoms with van der Waals surface area (Å²) in [4.78, 5) is 6.69. The van der Waals surface area contributed by atoms with Gasteiger partial charge < -0.3 is 10.2 Å². The number of hydrogen-bond donors (Lipinski definition) is 1. The van der Waals surface area contributed by atoms with Crippen molar-refractivity contribution in [2.45, 2.75) is 32.7 Å². The summed E-state index contributed by atoms with van der Waals surface area (Å²) in [5, 5.41) is 6.70. The van der Waals surface area contributed by atoms with E-state index in [-0.39, 0.29) is 0 Å². The number of rotatable bonds is 8. The molecule has 0 spiro atoms. The van der Waals surface area contributed by atoms with Gasteiger partial charge in [0.15, 0.2) is 0 Å². The molecule has 16 heavy (non-hydrogen) atoms. The van der Waals surface area contributed by atoms with Crippen molar-refractivity contribution in [3.05, 3.63) is 16.6 Å². The molecule has 0 bridgehead atoms. The third kappa shape index (κ3) is 5.05. The first kappa shape index (κ1) is 13.6. The summed E-state index contributed by atoms with van der Waals surface area (Å²) >= 11 is 1.72. The zero-order chi connectivity index (χ0) is 11.8. The lowest BCUT2D eigenvalue weighted by molar-refractivity contribution is 0.320. The fourth-order valence-corrected chi connectivity index (χ4v) is 2.22. The molecule has 1 aromatic rings. The van der Waals surface area contributed by atoms with Crippen molar-refractivity contribution in [1.82, 2.24) is 15.2 Å². The van der Waals surface area contributed by atoms with Crippen LogP contribution in [0.15, 0.2) is 11.6 Å². The van der Waals surface area contributed by atoms with Crippen molar-refractivity contribution in [1.29, 1.82) is 0 Å². The first-order valence-corrected chi connectivity index (χ1v) is 6.93. The van der Waals surface area contributed by atoms with Crippen LogP contribution in [-0.4, -0.2) is 36.6 Å². The van der Waals surface area contributed by atoms with Crippen molar-refractivity contribution >= 4 is 11.3 Å². The van der Waals surface area contributed by atoms with Gasteiger partial charge in [-0.05, 0) is 26.9 Å². The van der Waals surface area contributed by atoms with Crippen LogP contribution >= 0.6 is 11.3 Å². The molecule has 0 aromatic carbocycles. The van der Waals surface area contributed by atoms with E-state index in [0.29, 0.717) is 6.04 Å². The molecule has 92 valence electrons. The maximum Gasteiger partial charge on any atom is 0.109 e. The number of nitrogens with one attached hydrogen (secondary N) is 1. The summed E-state index contributed by atoms with van der Waals surface area (Å²) < 4.78 is 0. The quantitative estimate of drug-likeness (QED) is 0.758. The molecule has 0 aliphatic carbocycles. The summed E-state index contributed by atoms with van der Waals surface area (Å²) in [5.41, 5.74) is 0. The van der Waals surface area contributed by atoms with E-state index < -0.39 is 0 Å². The molecular formula is C12H23N3S. The van der Waals surface area contributed by atoms with Gasteiger partial charge in [0.2, 0.25) is 0 Å². The monoisotopic (exact) mass is 241 g/mol. The van der Waals surface area contributed by atoms with Gasteiger partial charge in [0.1, 0.15) is 5.01 Å². The largest absolute Gasteiger partial charge is 0.307 e. The summed E-state index contributed by atoms with van der Waals surface area (Å²) in [5.74, 6) is 0. The molecule has 0 saturated heterocycles. The highest BCUT2D eigenvalue weighted by Crippen LogP contribution is 2.13. The summed E-state index contributed by atoms with van der Waals surface area (Å²) in [7, 11) is 2.19. The van der Waals surface area contributed by atoms with Crippen LogP contribution in [0.1, 0.15) is 37.7 Å². The molecule has 0 saturated carbocycles. The van der Waals surface area contributed by atoms with Crippen LogP contribution in [0.2, 0.25) is 0 Å². The smallest absolute Gasteiger partial charge is 0.109 e. The van der Waals surface area contributed by atoms with Crippen molar-refractivity contribution in [2.75, 3.05) is 26.7 Å². The lowest BCUT2D eigenvalue weighted by Gasteiger charge is -2.18. The van der Waals surface area contributed by atoms with Gasteiger partial charge in [0.05, 0.1) is 6.04 Å². The Labute approximate surface area is 103 Å². The molecule has 1 heterocycles. The minimum absolute atomic E-state index is 0.375. The Balaban J connectivity index is 2.11. The van der Waals surface area contributed by atoms with Crippen molar-refractivity contribution in [3.63, 3.8) is 0 Å². The van der Waals surface area contributed by atoms with Crippen LogP contribution in [0.5, 0.6) is 0 Å². The molecule has 0 radical (unpaired) electrons. The predicted octanol–water partition coefficient (Wildman–Crippen LogP) is 2.53. The fourth-order valence-electron chi connectivity index (χ4n) is 1.55. The van der Waals surface area contributed by atoms with E-state index in [0.717, 1.165) is 13.1 Å². The van der Waals surface area contributed by atoms with Crippen LogP contribution < -0.4 is 5.32 Å². The van der Waals surface area contributed by atoms with E-state index in [9.17, 15) is 0 Å². The summed E-state index contributed by atoms with van der Waals surface area (Å²) in [6.07, 6.45) is 4.43. The normalized spacial score (nSPS) is 13.2. The Morgan fingerprint density at radius 3 is 2.94 bits per heavy atom. The highest BCUT2D eigenvalue weighted by molar-refractivity contribution is 7.09. The van der Waals surface area contributed by atoms with Crippen molar-refractivity contribution in [2.24, 2.45) is 0 Å². The van der Waals surface area contributed by atoms with E-state index in [1.54, 1.807) is 11.3 Å². The molecule has 1 rings (SSSR count). The number of thiazole rings is 1. The predicted molar refractivity (Wildman–Crippen MR) is 70.9 cm³/mol. The Hall–Kier alpha value is -0.450. The van der Waals surface area contributed by atoms with E-state index in [4.69, 9.17) is 0 Å². The number of nitrogens with zero attached hydrogens (tertiary/aromatic N) is 2. The molecular weight excluding hydrogens is 218 g/mol. The number of likely N-dealkylation sites (N-methyl/N-ethyl adjacent to an activating group) is 1. The molecule has 4 heteroatoms. The molecule has 0 amide bonds. The van der Waals surface area contributed by atoms with Crippen LogP contribution in [-0.2, 0) is 0 Å². The fraction of sp³-hybridized carbons (Fsp3) is 0.750. The van der Waals surface area contributed by atoms with E-state index in [2.05, 4.69) is 36.1 Å². The van der Waals surface area contributed by atoms with E-state index in [1.165, 1.54) is 24.4 Å². The molecule has 1 aromatic heterocycles. The topological polar surface area (TPSA) is 28.2 Å². The Morgan fingerprint density at radius 1 is 1.50 bits per heavy atom. The maximum absolute atomic E-state index is 4.31. The van der Waals surface area contributed by atoms with Crippen molar-refractivity contribution in [3.8, 4) is 0 Å². The van der Waals surface area contributed by atoms with Gasteiger partial charge in [0, 0.05) is 24.7 Å². The van der Waals surface area contributed by atoms with Crippen LogP contribution in [0, 0.1) is 0 Å². The lowest BCUT2D eigenvalue weighted by Crippen LogP contribution is -2.31. The highest BCUT2D eigenvalue weighted by Gasteiger charge is 2.06. The summed E-state index contributed by atoms with van der Waals surface area (Å²) in [6, 6.07) is 0.375. The highest BCUT2D eigenvalue weighted by atomic mass is 32.1. The van der Waals surface area contributed by atoms with Gasteiger partial charge >= 0.3 is 0 Å². The zero-order valence-electron chi connectivity index (χ0n) is 10.6. The third-order valence-electron chi connectivity index (χ3n) is 2.66. The molecule has 0 aliphatic heterocycles. The van der Waals surface area contributed by atoms with E-state index in [1.807, 2.05) is 11.6 Å². The first-order valence-electron chi connectivity index (χ1n) is 6.05.